The fourth-order valence-electron chi connectivity index (χ4n) is 2.65. The first-order valence-electron chi connectivity index (χ1n) is 9.62. The van der Waals surface area contributed by atoms with Crippen LogP contribution in [0.1, 0.15) is 53.3 Å². The van der Waals surface area contributed by atoms with Crippen molar-refractivity contribution in [3.63, 3.8) is 0 Å². The van der Waals surface area contributed by atoms with Crippen LogP contribution in [0, 0.1) is 10.1 Å². The van der Waals surface area contributed by atoms with Crippen molar-refractivity contribution in [3.05, 3.63) is 63.7 Å². The first kappa shape index (κ1) is 22.7. The molecule has 0 atom stereocenters. The number of methoxy groups -OCH3 is 1. The molecule has 2 aromatic carbocycles. The van der Waals surface area contributed by atoms with Crippen molar-refractivity contribution in [2.24, 2.45) is 0 Å². The van der Waals surface area contributed by atoms with Crippen LogP contribution in [0.5, 0.6) is 11.5 Å². The summed E-state index contributed by atoms with van der Waals surface area (Å²) >= 11 is 0. The third-order valence-corrected chi connectivity index (χ3v) is 4.31. The zero-order chi connectivity index (χ0) is 21.9. The molecule has 0 saturated carbocycles. The largest absolute Gasteiger partial charge is 0.494 e. The number of nitro groups is 1. The van der Waals surface area contributed by atoms with E-state index in [2.05, 4.69) is 17.8 Å². The van der Waals surface area contributed by atoms with E-state index < -0.39 is 16.7 Å². The molecule has 9 nitrogen and oxygen atoms in total. The molecule has 0 aliphatic rings. The second kappa shape index (κ2) is 11.4. The average Bonchev–Trinajstić information content (AvgIpc) is 2.77. The molecule has 0 bridgehead atoms. The number of nitrogens with zero attached hydrogens (tertiary/aromatic N) is 1. The molecular formula is C21H25N3O6. The van der Waals surface area contributed by atoms with Crippen molar-refractivity contribution in [1.82, 2.24) is 10.9 Å². The Morgan fingerprint density at radius 3 is 2.20 bits per heavy atom. The lowest BCUT2D eigenvalue weighted by atomic mass is 10.2. The van der Waals surface area contributed by atoms with Gasteiger partial charge in [-0.3, -0.25) is 30.6 Å². The maximum atomic E-state index is 12.2. The molecule has 0 aromatic heterocycles. The van der Waals surface area contributed by atoms with Gasteiger partial charge < -0.3 is 9.47 Å². The van der Waals surface area contributed by atoms with Crippen LogP contribution < -0.4 is 20.3 Å². The molecule has 0 radical (unpaired) electrons. The van der Waals surface area contributed by atoms with E-state index in [-0.39, 0.29) is 17.0 Å². The number of amides is 2. The summed E-state index contributed by atoms with van der Waals surface area (Å²) in [6, 6.07) is 10.3. The molecule has 0 heterocycles. The zero-order valence-corrected chi connectivity index (χ0v) is 17.0. The molecule has 0 spiro atoms. The normalized spacial score (nSPS) is 10.2. The average molecular weight is 415 g/mol. The molecule has 0 unspecified atom stereocenters. The third kappa shape index (κ3) is 6.47. The van der Waals surface area contributed by atoms with E-state index in [0.717, 1.165) is 25.3 Å². The number of hydrogen-bond acceptors (Lipinski definition) is 6. The molecule has 9 heteroatoms. The molecule has 2 amide bonds. The third-order valence-electron chi connectivity index (χ3n) is 4.31. The van der Waals surface area contributed by atoms with Gasteiger partial charge in [0.1, 0.15) is 5.75 Å². The zero-order valence-electron chi connectivity index (χ0n) is 17.0. The molecule has 0 saturated heterocycles. The standard InChI is InChI=1S/C21H25N3O6/c1-3-4-5-6-13-30-17-10-7-15(8-11-17)20(25)22-23-21(26)16-9-12-19(29-2)18(14-16)24(27)28/h7-12,14H,3-6,13H2,1-2H3,(H,22,25)(H,23,26). The van der Waals surface area contributed by atoms with E-state index in [9.17, 15) is 19.7 Å². The molecule has 2 N–H and O–H groups in total. The smallest absolute Gasteiger partial charge is 0.311 e. The Kier molecular flexibility index (Phi) is 8.61. The minimum Gasteiger partial charge on any atom is -0.494 e. The number of carbonyl (C=O) groups is 2. The first-order valence-corrected chi connectivity index (χ1v) is 9.62. The summed E-state index contributed by atoms with van der Waals surface area (Å²) in [5.41, 5.74) is 4.51. The maximum Gasteiger partial charge on any atom is 0.311 e. The highest BCUT2D eigenvalue weighted by Gasteiger charge is 2.18. The van der Waals surface area contributed by atoms with E-state index in [4.69, 9.17) is 9.47 Å². The van der Waals surface area contributed by atoms with Crippen LogP contribution in [0.25, 0.3) is 0 Å². The van der Waals surface area contributed by atoms with Crippen molar-refractivity contribution in [3.8, 4) is 11.5 Å². The Bertz CT molecular complexity index is 883. The number of ether oxygens (including phenoxy) is 2. The van der Waals surface area contributed by atoms with Crippen LogP contribution in [0.4, 0.5) is 5.69 Å². The van der Waals surface area contributed by atoms with Gasteiger partial charge >= 0.3 is 5.69 Å². The van der Waals surface area contributed by atoms with Gasteiger partial charge in [0.2, 0.25) is 0 Å². The van der Waals surface area contributed by atoms with Crippen LogP contribution in [-0.2, 0) is 0 Å². The quantitative estimate of drug-likeness (QED) is 0.347. The van der Waals surface area contributed by atoms with Crippen LogP contribution in [0.2, 0.25) is 0 Å². The lowest BCUT2D eigenvalue weighted by molar-refractivity contribution is -0.385. The molecular weight excluding hydrogens is 390 g/mol. The Morgan fingerprint density at radius 2 is 1.60 bits per heavy atom. The minimum atomic E-state index is -0.693. The summed E-state index contributed by atoms with van der Waals surface area (Å²) < 4.78 is 10.5. The molecule has 0 aliphatic carbocycles. The van der Waals surface area contributed by atoms with E-state index in [1.165, 1.54) is 25.7 Å². The lowest BCUT2D eigenvalue weighted by Crippen LogP contribution is -2.41. The number of nitro benzene ring substituents is 1. The number of nitrogens with one attached hydrogen (secondary N) is 2. The summed E-state index contributed by atoms with van der Waals surface area (Å²) in [7, 11) is 1.30. The second-order valence-electron chi connectivity index (χ2n) is 6.49. The van der Waals surface area contributed by atoms with E-state index >= 15 is 0 Å². The first-order chi connectivity index (χ1) is 14.5. The van der Waals surface area contributed by atoms with E-state index in [1.54, 1.807) is 24.3 Å². The highest BCUT2D eigenvalue weighted by Crippen LogP contribution is 2.27. The minimum absolute atomic E-state index is 0.00891. The molecule has 2 aromatic rings. The Morgan fingerprint density at radius 1 is 0.967 bits per heavy atom. The summed E-state index contributed by atoms with van der Waals surface area (Å²) in [5.74, 6) is -0.520. The number of carbonyl (C=O) groups excluding carboxylic acids is 2. The van der Waals surface area contributed by atoms with Crippen molar-refractivity contribution < 1.29 is 24.0 Å². The molecule has 160 valence electrons. The SMILES string of the molecule is CCCCCCOc1ccc(C(=O)NNC(=O)c2ccc(OC)c([N+](=O)[O-])c2)cc1. The summed E-state index contributed by atoms with van der Waals surface area (Å²) in [6.45, 7) is 2.77. The molecule has 30 heavy (non-hydrogen) atoms. The predicted molar refractivity (Wildman–Crippen MR) is 111 cm³/mol. The van der Waals surface area contributed by atoms with Crippen molar-refractivity contribution in [1.29, 1.82) is 0 Å². The number of unbranched alkanes of at least 4 members (excludes halogenated alkanes) is 3. The highest BCUT2D eigenvalue weighted by atomic mass is 16.6. The monoisotopic (exact) mass is 415 g/mol. The molecule has 0 aliphatic heterocycles. The van der Waals surface area contributed by atoms with Crippen molar-refractivity contribution in [2.75, 3.05) is 13.7 Å². The molecule has 0 fully saturated rings. The summed E-state index contributed by atoms with van der Waals surface area (Å²) in [6.07, 6.45) is 4.44. The van der Waals surface area contributed by atoms with Gasteiger partial charge in [-0.15, -0.1) is 0 Å². The Balaban J connectivity index is 1.88. The van der Waals surface area contributed by atoms with E-state index in [0.29, 0.717) is 17.9 Å². The van der Waals surface area contributed by atoms with Gasteiger partial charge in [0.25, 0.3) is 11.8 Å². The second-order valence-corrected chi connectivity index (χ2v) is 6.49. The van der Waals surface area contributed by atoms with Crippen molar-refractivity contribution in [2.45, 2.75) is 32.6 Å². The number of hydrazine groups is 1. The van der Waals surface area contributed by atoms with Gasteiger partial charge in [0.15, 0.2) is 5.75 Å². The number of benzene rings is 2. The van der Waals surface area contributed by atoms with Gasteiger partial charge in [-0.1, -0.05) is 26.2 Å². The van der Waals surface area contributed by atoms with Gasteiger partial charge in [-0.25, -0.2) is 0 Å². The Hall–Kier alpha value is -3.62. The fraction of sp³-hybridized carbons (Fsp3) is 0.333. The van der Waals surface area contributed by atoms with E-state index in [1.807, 2.05) is 0 Å². The summed E-state index contributed by atoms with van der Waals surface area (Å²) in [4.78, 5) is 34.8. The number of rotatable bonds is 10. The van der Waals surface area contributed by atoms with Gasteiger partial charge in [-0.2, -0.15) is 0 Å². The lowest BCUT2D eigenvalue weighted by Gasteiger charge is -2.09. The van der Waals surface area contributed by atoms with Crippen LogP contribution in [-0.4, -0.2) is 30.5 Å². The Labute approximate surface area is 174 Å². The van der Waals surface area contributed by atoms with Crippen LogP contribution >= 0.6 is 0 Å². The highest BCUT2D eigenvalue weighted by molar-refractivity contribution is 5.99. The maximum absolute atomic E-state index is 12.2. The number of hydrogen-bond donors (Lipinski definition) is 2. The van der Waals surface area contributed by atoms with Crippen LogP contribution in [0.15, 0.2) is 42.5 Å². The molecule has 2 rings (SSSR count). The van der Waals surface area contributed by atoms with Gasteiger partial charge in [0.05, 0.1) is 18.6 Å². The summed E-state index contributed by atoms with van der Waals surface area (Å²) in [5, 5.41) is 11.1. The topological polar surface area (TPSA) is 120 Å². The van der Waals surface area contributed by atoms with Gasteiger partial charge in [-0.05, 0) is 42.8 Å². The van der Waals surface area contributed by atoms with Crippen LogP contribution in [0.3, 0.4) is 0 Å². The van der Waals surface area contributed by atoms with Gasteiger partial charge in [0, 0.05) is 17.2 Å². The van der Waals surface area contributed by atoms with Crippen molar-refractivity contribution >= 4 is 17.5 Å². The predicted octanol–water partition coefficient (Wildman–Crippen LogP) is 3.64. The fourth-order valence-corrected chi connectivity index (χ4v) is 2.65.